The number of benzene rings is 1. The van der Waals surface area contributed by atoms with Crippen LogP contribution in [0.3, 0.4) is 0 Å². The Morgan fingerprint density at radius 2 is 2.00 bits per heavy atom. The lowest BCUT2D eigenvalue weighted by molar-refractivity contribution is -0.134. The van der Waals surface area contributed by atoms with Crippen molar-refractivity contribution in [1.82, 2.24) is 15.5 Å². The lowest BCUT2D eigenvalue weighted by Crippen LogP contribution is -2.49. The van der Waals surface area contributed by atoms with Gasteiger partial charge in [-0.25, -0.2) is 4.79 Å². The van der Waals surface area contributed by atoms with Gasteiger partial charge < -0.3 is 20.9 Å². The Labute approximate surface area is 149 Å². The molecule has 25 heavy (non-hydrogen) atoms. The third kappa shape index (κ3) is 4.95. The highest BCUT2D eigenvalue weighted by atomic mass is 16.2. The van der Waals surface area contributed by atoms with Crippen molar-refractivity contribution in [3.63, 3.8) is 0 Å². The number of hydrogen-bond acceptors (Lipinski definition) is 3. The molecule has 0 spiro atoms. The molecule has 6 nitrogen and oxygen atoms in total. The molecule has 0 aliphatic carbocycles. The monoisotopic (exact) mass is 344 g/mol. The Balaban J connectivity index is 1.43. The van der Waals surface area contributed by atoms with Crippen LogP contribution in [-0.4, -0.2) is 49.1 Å². The molecule has 1 aromatic rings. The Kier molecular flexibility index (Phi) is 5.91. The lowest BCUT2D eigenvalue weighted by atomic mass is 9.97. The molecule has 2 aliphatic rings. The van der Waals surface area contributed by atoms with Crippen molar-refractivity contribution >= 4 is 17.6 Å². The Morgan fingerprint density at radius 3 is 2.72 bits per heavy atom. The first-order valence-corrected chi connectivity index (χ1v) is 9.25. The van der Waals surface area contributed by atoms with E-state index in [2.05, 4.69) is 16.0 Å². The summed E-state index contributed by atoms with van der Waals surface area (Å²) in [5.74, 6) is 0.550. The van der Waals surface area contributed by atoms with E-state index in [4.69, 9.17) is 0 Å². The van der Waals surface area contributed by atoms with Gasteiger partial charge in [-0.3, -0.25) is 4.79 Å². The summed E-state index contributed by atoms with van der Waals surface area (Å²) < 4.78 is 0. The normalized spacial score (nSPS) is 23.3. The number of anilines is 1. The first-order chi connectivity index (χ1) is 12.1. The number of aryl methyl sites for hydroxylation is 1. The highest BCUT2D eigenvalue weighted by Crippen LogP contribution is 2.18. The Hall–Kier alpha value is -2.08. The summed E-state index contributed by atoms with van der Waals surface area (Å²) in [7, 11) is 0. The van der Waals surface area contributed by atoms with Crippen LogP contribution in [-0.2, 0) is 4.79 Å². The molecule has 3 amide bonds. The molecule has 3 N–H and O–H groups in total. The minimum Gasteiger partial charge on any atom is -0.341 e. The maximum absolute atomic E-state index is 12.5. The number of carbonyl (C=O) groups is 2. The van der Waals surface area contributed by atoms with E-state index in [0.29, 0.717) is 12.5 Å². The average Bonchev–Trinajstić information content (AvgIpc) is 3.16. The van der Waals surface area contributed by atoms with Crippen molar-refractivity contribution in [1.29, 1.82) is 0 Å². The molecule has 0 saturated carbocycles. The van der Waals surface area contributed by atoms with Crippen LogP contribution in [0.25, 0.3) is 0 Å². The minimum atomic E-state index is -0.190. The van der Waals surface area contributed by atoms with E-state index >= 15 is 0 Å². The lowest BCUT2D eigenvalue weighted by Gasteiger charge is -2.34. The average molecular weight is 344 g/mol. The molecule has 2 unspecified atom stereocenters. The molecule has 2 fully saturated rings. The van der Waals surface area contributed by atoms with E-state index in [1.807, 2.05) is 36.1 Å². The first kappa shape index (κ1) is 17.7. The van der Waals surface area contributed by atoms with E-state index in [9.17, 15) is 9.59 Å². The molecule has 6 heteroatoms. The number of amides is 3. The van der Waals surface area contributed by atoms with Gasteiger partial charge >= 0.3 is 6.03 Å². The zero-order chi connectivity index (χ0) is 17.6. The largest absolute Gasteiger partial charge is 0.341 e. The van der Waals surface area contributed by atoms with Crippen molar-refractivity contribution < 1.29 is 9.59 Å². The number of urea groups is 1. The van der Waals surface area contributed by atoms with Crippen LogP contribution in [0.15, 0.2) is 24.3 Å². The van der Waals surface area contributed by atoms with Gasteiger partial charge in [0.25, 0.3) is 0 Å². The second-order valence-electron chi connectivity index (χ2n) is 7.14. The summed E-state index contributed by atoms with van der Waals surface area (Å²) >= 11 is 0. The highest BCUT2D eigenvalue weighted by Gasteiger charge is 2.30. The smallest absolute Gasteiger partial charge is 0.319 e. The molecule has 2 saturated heterocycles. The maximum atomic E-state index is 12.5. The number of likely N-dealkylation sites (tertiary alicyclic amines) is 1. The molecule has 2 aliphatic heterocycles. The zero-order valence-corrected chi connectivity index (χ0v) is 14.9. The van der Waals surface area contributed by atoms with Gasteiger partial charge in [-0.05, 0) is 57.2 Å². The zero-order valence-electron chi connectivity index (χ0n) is 14.9. The maximum Gasteiger partial charge on any atom is 0.319 e. The van der Waals surface area contributed by atoms with E-state index in [0.717, 1.165) is 56.6 Å². The second-order valence-corrected chi connectivity index (χ2v) is 7.14. The third-order valence-corrected chi connectivity index (χ3v) is 5.05. The summed E-state index contributed by atoms with van der Waals surface area (Å²) in [6, 6.07) is 7.53. The molecule has 0 radical (unpaired) electrons. The fourth-order valence-corrected chi connectivity index (χ4v) is 3.60. The van der Waals surface area contributed by atoms with E-state index in [1.165, 1.54) is 0 Å². The molecule has 3 rings (SSSR count). The Bertz CT molecular complexity index is 596. The van der Waals surface area contributed by atoms with E-state index in [-0.39, 0.29) is 18.0 Å². The van der Waals surface area contributed by atoms with Gasteiger partial charge in [-0.1, -0.05) is 17.7 Å². The predicted octanol–water partition coefficient (Wildman–Crippen LogP) is 2.11. The summed E-state index contributed by atoms with van der Waals surface area (Å²) in [5, 5.41) is 9.07. The van der Waals surface area contributed by atoms with E-state index in [1.54, 1.807) is 0 Å². The summed E-state index contributed by atoms with van der Waals surface area (Å²) in [6.07, 6.45) is 4.07. The van der Waals surface area contributed by atoms with Crippen molar-refractivity contribution in [3.8, 4) is 0 Å². The van der Waals surface area contributed by atoms with Crippen LogP contribution in [0.5, 0.6) is 0 Å². The third-order valence-electron chi connectivity index (χ3n) is 5.05. The number of hydrogen-bond donors (Lipinski definition) is 3. The number of rotatable bonds is 4. The van der Waals surface area contributed by atoms with Gasteiger partial charge in [-0.2, -0.15) is 0 Å². The summed E-state index contributed by atoms with van der Waals surface area (Å²) in [5.41, 5.74) is 1.95. The van der Waals surface area contributed by atoms with Crippen molar-refractivity contribution in [3.05, 3.63) is 29.8 Å². The minimum absolute atomic E-state index is 0.00320. The van der Waals surface area contributed by atoms with Crippen LogP contribution >= 0.6 is 0 Å². The molecular weight excluding hydrogens is 316 g/mol. The summed E-state index contributed by atoms with van der Waals surface area (Å²) in [4.78, 5) is 26.5. The van der Waals surface area contributed by atoms with Gasteiger partial charge in [-0.15, -0.1) is 0 Å². The molecule has 2 atom stereocenters. The van der Waals surface area contributed by atoms with Gasteiger partial charge in [0.15, 0.2) is 0 Å². The van der Waals surface area contributed by atoms with Crippen LogP contribution in [0.4, 0.5) is 10.5 Å². The molecular formula is C19H28N4O2. The Morgan fingerprint density at radius 1 is 1.20 bits per heavy atom. The van der Waals surface area contributed by atoms with Crippen molar-refractivity contribution in [2.75, 3.05) is 31.5 Å². The molecule has 0 bridgehead atoms. The van der Waals surface area contributed by atoms with Gasteiger partial charge in [0, 0.05) is 25.3 Å². The first-order valence-electron chi connectivity index (χ1n) is 9.25. The van der Waals surface area contributed by atoms with Crippen LogP contribution in [0, 0.1) is 12.8 Å². The second kappa shape index (κ2) is 8.34. The van der Waals surface area contributed by atoms with Crippen LogP contribution in [0.2, 0.25) is 0 Å². The molecule has 136 valence electrons. The number of piperidine rings is 1. The fraction of sp³-hybridized carbons (Fsp3) is 0.579. The van der Waals surface area contributed by atoms with Crippen molar-refractivity contribution in [2.45, 2.75) is 38.6 Å². The predicted molar refractivity (Wildman–Crippen MR) is 98.5 cm³/mol. The van der Waals surface area contributed by atoms with Crippen LogP contribution in [0.1, 0.15) is 31.2 Å². The van der Waals surface area contributed by atoms with Crippen LogP contribution < -0.4 is 16.0 Å². The highest BCUT2D eigenvalue weighted by molar-refractivity contribution is 5.89. The summed E-state index contributed by atoms with van der Waals surface area (Å²) in [6.45, 7) is 5.12. The van der Waals surface area contributed by atoms with Gasteiger partial charge in [0.05, 0.1) is 6.04 Å². The van der Waals surface area contributed by atoms with Gasteiger partial charge in [0.1, 0.15) is 0 Å². The van der Waals surface area contributed by atoms with Crippen molar-refractivity contribution in [2.24, 2.45) is 5.92 Å². The molecule has 2 heterocycles. The fourth-order valence-electron chi connectivity index (χ4n) is 3.60. The number of carbonyl (C=O) groups excluding carboxylic acids is 2. The van der Waals surface area contributed by atoms with E-state index < -0.39 is 0 Å². The SMILES string of the molecule is Cc1ccc(NC(=O)NCC2CCCN(C(=O)C3CCCN3)C2)cc1. The van der Waals surface area contributed by atoms with Gasteiger partial charge in [0.2, 0.25) is 5.91 Å². The standard InChI is InChI=1S/C19H28N4O2/c1-14-6-8-16(9-7-14)22-19(25)21-12-15-4-3-11-23(13-15)18(24)17-5-2-10-20-17/h6-9,15,17,20H,2-5,10-13H2,1H3,(H2,21,22,25). The molecule has 0 aromatic heterocycles. The number of nitrogens with zero attached hydrogens (tertiary/aromatic N) is 1. The number of nitrogens with one attached hydrogen (secondary N) is 3. The topological polar surface area (TPSA) is 73.5 Å². The molecule has 1 aromatic carbocycles. The quantitative estimate of drug-likeness (QED) is 0.783.